The fourth-order valence-electron chi connectivity index (χ4n) is 2.07. The topological polar surface area (TPSA) is 98.5 Å². The molecule has 0 aliphatic heterocycles. The summed E-state index contributed by atoms with van der Waals surface area (Å²) < 4.78 is 40.7. The number of nitro groups is 1. The van der Waals surface area contributed by atoms with Crippen molar-refractivity contribution >= 4 is 29.3 Å². The number of nitrogens with zero attached hydrogens (tertiary/aromatic N) is 1. The maximum Gasteiger partial charge on any atom is 0.405 e. The normalized spacial score (nSPS) is 11.0. The Labute approximate surface area is 167 Å². The second kappa shape index (κ2) is 9.41. The van der Waals surface area contributed by atoms with E-state index in [1.165, 1.54) is 12.1 Å². The predicted octanol–water partition coefficient (Wildman–Crippen LogP) is 3.89. The van der Waals surface area contributed by atoms with Crippen LogP contribution in [0.1, 0.15) is 15.9 Å². The van der Waals surface area contributed by atoms with E-state index in [0.717, 1.165) is 28.3 Å². The van der Waals surface area contributed by atoms with Gasteiger partial charge in [0.15, 0.2) is 6.61 Å². The van der Waals surface area contributed by atoms with Crippen LogP contribution in [0.5, 0.6) is 0 Å². The highest BCUT2D eigenvalue weighted by Crippen LogP contribution is 2.35. The first-order valence-corrected chi connectivity index (χ1v) is 8.90. The largest absolute Gasteiger partial charge is 0.452 e. The average molecular weight is 428 g/mol. The number of rotatable bonds is 7. The van der Waals surface area contributed by atoms with Crippen LogP contribution in [-0.2, 0) is 9.53 Å². The highest BCUT2D eigenvalue weighted by molar-refractivity contribution is 7.99. The summed E-state index contributed by atoms with van der Waals surface area (Å²) in [6.07, 6.45) is -4.59. The highest BCUT2D eigenvalue weighted by Gasteiger charge is 2.28. The summed E-state index contributed by atoms with van der Waals surface area (Å²) in [6, 6.07) is 10.9. The molecular weight excluding hydrogens is 413 g/mol. The maximum absolute atomic E-state index is 12.0. The van der Waals surface area contributed by atoms with Crippen LogP contribution < -0.4 is 5.32 Å². The molecule has 0 spiro atoms. The third-order valence-electron chi connectivity index (χ3n) is 3.46. The zero-order chi connectivity index (χ0) is 21.6. The van der Waals surface area contributed by atoms with Crippen molar-refractivity contribution in [1.82, 2.24) is 5.32 Å². The Balaban J connectivity index is 2.06. The summed E-state index contributed by atoms with van der Waals surface area (Å²) in [5.74, 6) is -2.21. The van der Waals surface area contributed by atoms with E-state index in [0.29, 0.717) is 4.90 Å². The molecule has 7 nitrogen and oxygen atoms in total. The van der Waals surface area contributed by atoms with Crippen molar-refractivity contribution in [2.24, 2.45) is 0 Å². The minimum atomic E-state index is -4.59. The minimum Gasteiger partial charge on any atom is -0.452 e. The second-order valence-corrected chi connectivity index (χ2v) is 6.94. The summed E-state index contributed by atoms with van der Waals surface area (Å²) >= 11 is 1.13. The van der Waals surface area contributed by atoms with Crippen molar-refractivity contribution in [3.63, 3.8) is 0 Å². The lowest BCUT2D eigenvalue weighted by Gasteiger charge is -2.09. The minimum absolute atomic E-state index is 0.200. The Morgan fingerprint density at radius 1 is 1.17 bits per heavy atom. The van der Waals surface area contributed by atoms with Gasteiger partial charge in [-0.3, -0.25) is 14.9 Å². The Kier molecular flexibility index (Phi) is 7.21. The quantitative estimate of drug-likeness (QED) is 0.408. The zero-order valence-corrected chi connectivity index (χ0v) is 15.8. The summed E-state index contributed by atoms with van der Waals surface area (Å²) in [5.41, 5.74) is 0.487. The average Bonchev–Trinajstić information content (AvgIpc) is 2.65. The van der Waals surface area contributed by atoms with Crippen molar-refractivity contribution in [1.29, 1.82) is 0 Å². The van der Waals surface area contributed by atoms with E-state index < -0.39 is 36.1 Å². The lowest BCUT2D eigenvalue weighted by molar-refractivity contribution is -0.387. The van der Waals surface area contributed by atoms with Gasteiger partial charge in [-0.1, -0.05) is 29.5 Å². The first-order valence-electron chi connectivity index (χ1n) is 8.09. The number of hydrogen-bond donors (Lipinski definition) is 1. The molecule has 154 valence electrons. The van der Waals surface area contributed by atoms with Crippen LogP contribution >= 0.6 is 11.8 Å². The van der Waals surface area contributed by atoms with Crippen molar-refractivity contribution < 1.29 is 32.4 Å². The van der Waals surface area contributed by atoms with Crippen LogP contribution in [0.25, 0.3) is 0 Å². The number of amides is 1. The van der Waals surface area contributed by atoms with E-state index in [4.69, 9.17) is 0 Å². The number of alkyl halides is 3. The Morgan fingerprint density at radius 2 is 1.83 bits per heavy atom. The molecule has 0 radical (unpaired) electrons. The molecule has 0 atom stereocenters. The first-order chi connectivity index (χ1) is 13.5. The van der Waals surface area contributed by atoms with Crippen molar-refractivity contribution in [3.05, 3.63) is 63.7 Å². The van der Waals surface area contributed by atoms with Gasteiger partial charge in [0.05, 0.1) is 15.4 Å². The van der Waals surface area contributed by atoms with Gasteiger partial charge in [0, 0.05) is 11.0 Å². The SMILES string of the molecule is Cc1ccc(Sc2ccc(C(=O)OCC(=O)NCC(F)(F)F)cc2[N+](=O)[O-])cc1. The van der Waals surface area contributed by atoms with Crippen molar-refractivity contribution in [2.75, 3.05) is 13.2 Å². The lowest BCUT2D eigenvalue weighted by Crippen LogP contribution is -2.36. The summed E-state index contributed by atoms with van der Waals surface area (Å²) in [5, 5.41) is 12.9. The number of nitro benzene ring substituents is 1. The van der Waals surface area contributed by atoms with Gasteiger partial charge in [-0.15, -0.1) is 0 Å². The molecule has 0 aromatic heterocycles. The van der Waals surface area contributed by atoms with Crippen molar-refractivity contribution in [3.8, 4) is 0 Å². The summed E-state index contributed by atoms with van der Waals surface area (Å²) in [7, 11) is 0. The van der Waals surface area contributed by atoms with E-state index in [2.05, 4.69) is 4.74 Å². The van der Waals surface area contributed by atoms with Crippen LogP contribution in [-0.4, -0.2) is 36.1 Å². The molecule has 0 fully saturated rings. The molecule has 0 bridgehead atoms. The third kappa shape index (κ3) is 7.11. The van der Waals surface area contributed by atoms with Gasteiger partial charge in [-0.2, -0.15) is 13.2 Å². The van der Waals surface area contributed by atoms with Crippen LogP contribution in [0.15, 0.2) is 52.3 Å². The molecule has 0 unspecified atom stereocenters. The third-order valence-corrected chi connectivity index (χ3v) is 4.53. The van der Waals surface area contributed by atoms with E-state index >= 15 is 0 Å². The lowest BCUT2D eigenvalue weighted by atomic mass is 10.2. The fourth-order valence-corrected chi connectivity index (χ4v) is 2.97. The molecule has 1 N–H and O–H groups in total. The Hall–Kier alpha value is -3.08. The number of nitrogens with one attached hydrogen (secondary N) is 1. The number of esters is 1. The van der Waals surface area contributed by atoms with Gasteiger partial charge < -0.3 is 10.1 Å². The van der Waals surface area contributed by atoms with Gasteiger partial charge in [-0.25, -0.2) is 4.79 Å². The first kappa shape index (κ1) is 22.2. The van der Waals surface area contributed by atoms with E-state index in [9.17, 15) is 32.9 Å². The molecule has 0 saturated carbocycles. The molecule has 2 rings (SSSR count). The van der Waals surface area contributed by atoms with E-state index in [1.54, 1.807) is 17.4 Å². The number of carbonyl (C=O) groups is 2. The zero-order valence-electron chi connectivity index (χ0n) is 15.0. The van der Waals surface area contributed by atoms with Crippen LogP contribution in [0.3, 0.4) is 0 Å². The number of carbonyl (C=O) groups excluding carboxylic acids is 2. The van der Waals surface area contributed by atoms with Gasteiger partial charge in [0.25, 0.3) is 11.6 Å². The number of hydrogen-bond acceptors (Lipinski definition) is 6. The molecular formula is C18H15F3N2O5S. The Bertz CT molecular complexity index is 917. The molecule has 2 aromatic carbocycles. The smallest absolute Gasteiger partial charge is 0.405 e. The molecule has 1 amide bonds. The van der Waals surface area contributed by atoms with Gasteiger partial charge in [0.2, 0.25) is 0 Å². The number of ether oxygens (including phenoxy) is 1. The number of benzene rings is 2. The fraction of sp³-hybridized carbons (Fsp3) is 0.222. The monoisotopic (exact) mass is 428 g/mol. The molecule has 0 heterocycles. The number of aryl methyl sites for hydroxylation is 1. The summed E-state index contributed by atoms with van der Waals surface area (Å²) in [6.45, 7) is -0.594. The Morgan fingerprint density at radius 3 is 2.41 bits per heavy atom. The molecule has 29 heavy (non-hydrogen) atoms. The van der Waals surface area contributed by atoms with E-state index in [-0.39, 0.29) is 11.3 Å². The molecule has 0 saturated heterocycles. The molecule has 2 aromatic rings. The highest BCUT2D eigenvalue weighted by atomic mass is 32.2. The van der Waals surface area contributed by atoms with Gasteiger partial charge in [0.1, 0.15) is 6.54 Å². The van der Waals surface area contributed by atoms with Crippen LogP contribution in [0, 0.1) is 17.0 Å². The maximum atomic E-state index is 12.0. The van der Waals surface area contributed by atoms with Gasteiger partial charge in [-0.05, 0) is 31.2 Å². The van der Waals surface area contributed by atoms with Gasteiger partial charge >= 0.3 is 12.1 Å². The van der Waals surface area contributed by atoms with Crippen molar-refractivity contribution in [2.45, 2.75) is 22.9 Å². The molecule has 11 heteroatoms. The standard InChI is InChI=1S/C18H15F3N2O5S/c1-11-2-5-13(6-3-11)29-15-7-4-12(8-14(15)23(26)27)17(25)28-9-16(24)22-10-18(19,20)21/h2-8H,9-10H2,1H3,(H,22,24). The van der Waals surface area contributed by atoms with Crippen LogP contribution in [0.2, 0.25) is 0 Å². The second-order valence-electron chi connectivity index (χ2n) is 5.82. The number of halogens is 3. The predicted molar refractivity (Wildman–Crippen MR) is 97.7 cm³/mol. The molecule has 0 aliphatic rings. The summed E-state index contributed by atoms with van der Waals surface area (Å²) in [4.78, 5) is 35.0. The molecule has 0 aliphatic carbocycles. The van der Waals surface area contributed by atoms with E-state index in [1.807, 2.05) is 19.1 Å². The van der Waals surface area contributed by atoms with Crippen LogP contribution in [0.4, 0.5) is 18.9 Å².